The Kier molecular flexibility index (Phi) is 4.95. The third kappa shape index (κ3) is 3.61. The van der Waals surface area contributed by atoms with E-state index in [1.807, 2.05) is 6.92 Å². The van der Waals surface area contributed by atoms with Gasteiger partial charge < -0.3 is 14.5 Å². The second-order valence-electron chi connectivity index (χ2n) is 5.64. The molecule has 3 rings (SSSR count). The van der Waals surface area contributed by atoms with Gasteiger partial charge in [-0.05, 0) is 30.7 Å². The van der Waals surface area contributed by atoms with E-state index in [4.69, 9.17) is 9.15 Å². The zero-order chi connectivity index (χ0) is 17.8. The van der Waals surface area contributed by atoms with Crippen molar-refractivity contribution in [1.82, 2.24) is 15.5 Å². The Labute approximate surface area is 144 Å². The Hall–Kier alpha value is -2.93. The third-order valence-electron chi connectivity index (χ3n) is 3.96. The highest BCUT2D eigenvalue weighted by Gasteiger charge is 2.23. The van der Waals surface area contributed by atoms with Crippen LogP contribution >= 0.6 is 0 Å². The van der Waals surface area contributed by atoms with Crippen molar-refractivity contribution >= 4 is 5.91 Å². The smallest absolute Gasteiger partial charge is 0.255 e. The number of aromatic amines is 1. The van der Waals surface area contributed by atoms with Gasteiger partial charge in [-0.1, -0.05) is 12.1 Å². The number of H-pyrrole nitrogens is 1. The van der Waals surface area contributed by atoms with Crippen molar-refractivity contribution in [2.24, 2.45) is 0 Å². The van der Waals surface area contributed by atoms with Crippen LogP contribution in [0.1, 0.15) is 28.9 Å². The maximum absolute atomic E-state index is 13.1. The number of halogens is 1. The Morgan fingerprint density at radius 1 is 1.32 bits per heavy atom. The summed E-state index contributed by atoms with van der Waals surface area (Å²) in [5, 5.41) is 9.64. The zero-order valence-electron chi connectivity index (χ0n) is 13.8. The molecule has 2 aromatic heterocycles. The number of hydrogen-bond acceptors (Lipinski definition) is 4. The topological polar surface area (TPSA) is 80.1 Å². The second-order valence-corrected chi connectivity index (χ2v) is 5.64. The van der Waals surface area contributed by atoms with Crippen molar-refractivity contribution in [2.75, 3.05) is 7.11 Å². The first kappa shape index (κ1) is 16.9. The van der Waals surface area contributed by atoms with Gasteiger partial charge in [0, 0.05) is 12.7 Å². The quantitative estimate of drug-likeness (QED) is 0.719. The minimum absolute atomic E-state index is 0.290. The van der Waals surface area contributed by atoms with E-state index < -0.39 is 6.10 Å². The number of rotatable bonds is 6. The highest BCUT2D eigenvalue weighted by Crippen LogP contribution is 2.24. The Balaban J connectivity index is 1.76. The zero-order valence-corrected chi connectivity index (χ0v) is 13.8. The van der Waals surface area contributed by atoms with Crippen molar-refractivity contribution in [3.8, 4) is 11.3 Å². The molecule has 0 spiro atoms. The first-order chi connectivity index (χ1) is 12.1. The molecule has 0 saturated carbocycles. The van der Waals surface area contributed by atoms with Crippen LogP contribution in [0.2, 0.25) is 0 Å². The fraction of sp³-hybridized carbons (Fsp3) is 0.222. The van der Waals surface area contributed by atoms with Crippen LogP contribution in [-0.2, 0) is 4.74 Å². The third-order valence-corrected chi connectivity index (χ3v) is 3.96. The second kappa shape index (κ2) is 7.31. The van der Waals surface area contributed by atoms with Crippen LogP contribution in [0.5, 0.6) is 0 Å². The SMILES string of the molecule is CO[C@H](c1ccc(F)cc1)[C@H](C)NC(=O)c1cn[nH]c1-c1ccoc1. The molecule has 0 unspecified atom stereocenters. The van der Waals surface area contributed by atoms with E-state index in [2.05, 4.69) is 15.5 Å². The molecular weight excluding hydrogens is 325 g/mol. The molecule has 2 atom stereocenters. The number of benzene rings is 1. The molecule has 0 fully saturated rings. The summed E-state index contributed by atoms with van der Waals surface area (Å²) in [5.74, 6) is -0.611. The van der Waals surface area contributed by atoms with Gasteiger partial charge in [0.1, 0.15) is 11.9 Å². The first-order valence-electron chi connectivity index (χ1n) is 7.75. The number of carbonyl (C=O) groups is 1. The van der Waals surface area contributed by atoms with Crippen LogP contribution in [0.3, 0.4) is 0 Å². The largest absolute Gasteiger partial charge is 0.472 e. The highest BCUT2D eigenvalue weighted by atomic mass is 19.1. The van der Waals surface area contributed by atoms with Gasteiger partial charge in [0.2, 0.25) is 0 Å². The molecule has 2 N–H and O–H groups in total. The van der Waals surface area contributed by atoms with Crippen molar-refractivity contribution in [3.63, 3.8) is 0 Å². The average molecular weight is 343 g/mol. The summed E-state index contributed by atoms with van der Waals surface area (Å²) < 4.78 is 23.6. The number of hydrogen-bond donors (Lipinski definition) is 2. The highest BCUT2D eigenvalue weighted by molar-refractivity contribution is 5.99. The van der Waals surface area contributed by atoms with Crippen molar-refractivity contribution < 1.29 is 18.3 Å². The summed E-state index contributed by atoms with van der Waals surface area (Å²) in [7, 11) is 1.55. The lowest BCUT2D eigenvalue weighted by Gasteiger charge is -2.24. The number of nitrogens with zero attached hydrogens (tertiary/aromatic N) is 1. The number of aromatic nitrogens is 2. The molecule has 0 bridgehead atoms. The Bertz CT molecular complexity index is 828. The van der Waals surface area contributed by atoms with E-state index in [0.29, 0.717) is 11.3 Å². The molecule has 0 aliphatic rings. The summed E-state index contributed by atoms with van der Waals surface area (Å²) >= 11 is 0. The maximum atomic E-state index is 13.1. The van der Waals surface area contributed by atoms with E-state index >= 15 is 0 Å². The number of nitrogens with one attached hydrogen (secondary N) is 2. The van der Waals surface area contributed by atoms with Crippen LogP contribution < -0.4 is 5.32 Å². The summed E-state index contributed by atoms with van der Waals surface area (Å²) in [4.78, 5) is 12.6. The Morgan fingerprint density at radius 2 is 2.08 bits per heavy atom. The lowest BCUT2D eigenvalue weighted by Crippen LogP contribution is -2.37. The van der Waals surface area contributed by atoms with E-state index in [9.17, 15) is 9.18 Å². The number of methoxy groups -OCH3 is 1. The van der Waals surface area contributed by atoms with Gasteiger partial charge in [0.15, 0.2) is 0 Å². The maximum Gasteiger partial charge on any atom is 0.255 e. The summed E-state index contributed by atoms with van der Waals surface area (Å²) in [6, 6.07) is 7.41. The summed E-state index contributed by atoms with van der Waals surface area (Å²) in [5.41, 5.74) is 2.49. The van der Waals surface area contributed by atoms with Crippen molar-refractivity contribution in [3.05, 3.63) is 66.0 Å². The molecule has 7 heteroatoms. The number of ether oxygens (including phenoxy) is 1. The molecule has 6 nitrogen and oxygen atoms in total. The van der Waals surface area contributed by atoms with Gasteiger partial charge in [-0.15, -0.1) is 0 Å². The van der Waals surface area contributed by atoms with E-state index in [0.717, 1.165) is 11.1 Å². The minimum atomic E-state index is -0.408. The molecule has 130 valence electrons. The first-order valence-corrected chi connectivity index (χ1v) is 7.75. The van der Waals surface area contributed by atoms with E-state index in [1.54, 1.807) is 25.3 Å². The van der Waals surface area contributed by atoms with Crippen molar-refractivity contribution in [2.45, 2.75) is 19.1 Å². The van der Waals surface area contributed by atoms with E-state index in [1.165, 1.54) is 30.9 Å². The van der Waals surface area contributed by atoms with Gasteiger partial charge in [-0.3, -0.25) is 9.89 Å². The van der Waals surface area contributed by atoms with Crippen LogP contribution in [0.4, 0.5) is 4.39 Å². The fourth-order valence-corrected chi connectivity index (χ4v) is 2.73. The monoisotopic (exact) mass is 343 g/mol. The average Bonchev–Trinajstić information content (AvgIpc) is 3.28. The van der Waals surface area contributed by atoms with Gasteiger partial charge in [-0.2, -0.15) is 5.10 Å². The molecular formula is C18H18FN3O3. The fourth-order valence-electron chi connectivity index (χ4n) is 2.73. The van der Waals surface area contributed by atoms with Gasteiger partial charge >= 0.3 is 0 Å². The predicted molar refractivity (Wildman–Crippen MR) is 89.4 cm³/mol. The summed E-state index contributed by atoms with van der Waals surface area (Å²) in [6.07, 6.45) is 4.11. The number of furan rings is 1. The molecule has 3 aromatic rings. The molecule has 0 radical (unpaired) electrons. The van der Waals surface area contributed by atoms with E-state index in [-0.39, 0.29) is 17.8 Å². The molecule has 1 aromatic carbocycles. The van der Waals surface area contributed by atoms with Gasteiger partial charge in [0.05, 0.1) is 36.0 Å². The van der Waals surface area contributed by atoms with Crippen molar-refractivity contribution in [1.29, 1.82) is 0 Å². The molecule has 0 aliphatic heterocycles. The van der Waals surface area contributed by atoms with Crippen LogP contribution in [0, 0.1) is 5.82 Å². The van der Waals surface area contributed by atoms with Gasteiger partial charge in [0.25, 0.3) is 5.91 Å². The molecule has 0 aliphatic carbocycles. The van der Waals surface area contributed by atoms with Crippen LogP contribution in [-0.4, -0.2) is 29.3 Å². The lowest BCUT2D eigenvalue weighted by atomic mass is 10.0. The molecule has 1 amide bonds. The normalized spacial score (nSPS) is 13.4. The number of carbonyl (C=O) groups excluding carboxylic acids is 1. The summed E-state index contributed by atoms with van der Waals surface area (Å²) in [6.45, 7) is 1.83. The standard InChI is InChI=1S/C18H18FN3O3/c1-11(17(24-2)12-3-5-14(19)6-4-12)21-18(23)15-9-20-22-16(15)13-7-8-25-10-13/h3-11,17H,1-2H3,(H,20,22)(H,21,23)/t11-,17-/m0/s1. The number of amides is 1. The van der Waals surface area contributed by atoms with Crippen LogP contribution in [0.15, 0.2) is 53.5 Å². The molecule has 2 heterocycles. The van der Waals surface area contributed by atoms with Crippen LogP contribution in [0.25, 0.3) is 11.3 Å². The van der Waals surface area contributed by atoms with Gasteiger partial charge in [-0.25, -0.2) is 4.39 Å². The molecule has 0 saturated heterocycles. The Morgan fingerprint density at radius 3 is 2.72 bits per heavy atom. The minimum Gasteiger partial charge on any atom is -0.472 e. The predicted octanol–water partition coefficient (Wildman–Crippen LogP) is 3.31. The lowest BCUT2D eigenvalue weighted by molar-refractivity contribution is 0.0645. The molecule has 25 heavy (non-hydrogen) atoms.